The molecule has 2 heterocycles. The molecule has 1 saturated heterocycles. The monoisotopic (exact) mass is 484 g/mol. The number of rotatable bonds is 7. The van der Waals surface area contributed by atoms with Gasteiger partial charge in [0.05, 0.1) is 12.4 Å². The standard InChI is InChI=1S/C26H30ClFN4O2/c1-18-14-32(19(2)13-31(18)15-21-4-7-23(28)8-5-21)26(33)16-34-25-9-6-22(27)12-24(25)20(3)30-11-10-29-17-30/h4-12,17-20H,13-16H2,1-3H3/t18-,19+,20?/m0/s1. The van der Waals surface area contributed by atoms with E-state index in [1.165, 1.54) is 12.1 Å². The van der Waals surface area contributed by atoms with Gasteiger partial charge in [-0.25, -0.2) is 9.37 Å². The van der Waals surface area contributed by atoms with Crippen LogP contribution in [-0.2, 0) is 11.3 Å². The van der Waals surface area contributed by atoms with Crippen molar-refractivity contribution in [3.05, 3.63) is 83.2 Å². The number of nitrogens with zero attached hydrogens (tertiary/aromatic N) is 4. The Hall–Kier alpha value is -2.90. The summed E-state index contributed by atoms with van der Waals surface area (Å²) in [5, 5.41) is 0.611. The topological polar surface area (TPSA) is 50.6 Å². The van der Waals surface area contributed by atoms with Crippen molar-refractivity contribution >= 4 is 17.5 Å². The highest BCUT2D eigenvalue weighted by Crippen LogP contribution is 2.31. The third-order valence-corrected chi connectivity index (χ3v) is 6.71. The van der Waals surface area contributed by atoms with Crippen LogP contribution in [0.1, 0.15) is 37.9 Å². The zero-order chi connectivity index (χ0) is 24.2. The van der Waals surface area contributed by atoms with Crippen LogP contribution in [0.5, 0.6) is 5.75 Å². The summed E-state index contributed by atoms with van der Waals surface area (Å²) >= 11 is 6.24. The molecule has 0 spiro atoms. The molecule has 1 aliphatic rings. The van der Waals surface area contributed by atoms with Gasteiger partial charge in [0.15, 0.2) is 6.61 Å². The number of carbonyl (C=O) groups is 1. The molecular weight excluding hydrogens is 455 g/mol. The Kier molecular flexibility index (Phi) is 7.54. The number of piperazine rings is 1. The number of amides is 1. The van der Waals surface area contributed by atoms with E-state index in [1.54, 1.807) is 18.6 Å². The SMILES string of the molecule is CC(c1cc(Cl)ccc1OCC(=O)N1C[C@H](C)N(Cc2ccc(F)cc2)C[C@H]1C)n1ccnc1. The molecule has 180 valence electrons. The van der Waals surface area contributed by atoms with Crippen LogP contribution in [0.25, 0.3) is 0 Å². The summed E-state index contributed by atoms with van der Waals surface area (Å²) in [6.07, 6.45) is 5.35. The number of imidazole rings is 1. The second kappa shape index (κ2) is 10.6. The van der Waals surface area contributed by atoms with E-state index in [-0.39, 0.29) is 36.5 Å². The molecule has 0 bridgehead atoms. The highest BCUT2D eigenvalue weighted by atomic mass is 35.5. The van der Waals surface area contributed by atoms with Crippen molar-refractivity contribution < 1.29 is 13.9 Å². The van der Waals surface area contributed by atoms with Gasteiger partial charge in [-0.05, 0) is 56.7 Å². The third-order valence-electron chi connectivity index (χ3n) is 6.48. The Labute approximate surface area is 204 Å². The van der Waals surface area contributed by atoms with Gasteiger partial charge >= 0.3 is 0 Å². The van der Waals surface area contributed by atoms with Crippen molar-refractivity contribution in [1.29, 1.82) is 0 Å². The Balaban J connectivity index is 1.39. The number of ether oxygens (including phenoxy) is 1. The summed E-state index contributed by atoms with van der Waals surface area (Å²) in [6, 6.07) is 12.2. The number of hydrogen-bond acceptors (Lipinski definition) is 4. The maximum absolute atomic E-state index is 13.2. The first kappa shape index (κ1) is 24.2. The number of aromatic nitrogens is 2. The molecule has 1 unspecified atom stereocenters. The summed E-state index contributed by atoms with van der Waals surface area (Å²) in [5.74, 6) is 0.357. The lowest BCUT2D eigenvalue weighted by atomic mass is 10.1. The molecule has 1 aliphatic heterocycles. The van der Waals surface area contributed by atoms with E-state index < -0.39 is 0 Å². The van der Waals surface area contributed by atoms with E-state index in [0.29, 0.717) is 17.3 Å². The minimum atomic E-state index is -0.233. The quantitative estimate of drug-likeness (QED) is 0.484. The molecule has 3 aromatic rings. The Morgan fingerprint density at radius 3 is 2.65 bits per heavy atom. The molecular formula is C26H30ClFN4O2. The van der Waals surface area contributed by atoms with Crippen LogP contribution < -0.4 is 4.74 Å². The third kappa shape index (κ3) is 5.59. The molecule has 0 saturated carbocycles. The Morgan fingerprint density at radius 1 is 1.18 bits per heavy atom. The summed E-state index contributed by atoms with van der Waals surface area (Å²) in [6.45, 7) is 8.24. The average Bonchev–Trinajstić information content (AvgIpc) is 3.36. The van der Waals surface area contributed by atoms with Gasteiger partial charge in [0, 0.05) is 54.7 Å². The maximum atomic E-state index is 13.2. The number of hydrogen-bond donors (Lipinski definition) is 0. The average molecular weight is 485 g/mol. The first-order valence-corrected chi connectivity index (χ1v) is 11.9. The van der Waals surface area contributed by atoms with E-state index in [2.05, 4.69) is 23.7 Å². The van der Waals surface area contributed by atoms with Crippen molar-refractivity contribution in [2.45, 2.75) is 45.4 Å². The fraction of sp³-hybridized carbons (Fsp3) is 0.385. The first-order valence-electron chi connectivity index (χ1n) is 11.5. The largest absolute Gasteiger partial charge is 0.483 e. The predicted octanol–water partition coefficient (Wildman–Crippen LogP) is 4.79. The normalized spacial score (nSPS) is 19.7. The van der Waals surface area contributed by atoms with Crippen molar-refractivity contribution in [1.82, 2.24) is 19.4 Å². The first-order chi connectivity index (χ1) is 16.3. The molecule has 6 nitrogen and oxygen atoms in total. The zero-order valence-corrected chi connectivity index (χ0v) is 20.5. The van der Waals surface area contributed by atoms with Gasteiger partial charge in [0.1, 0.15) is 11.6 Å². The fourth-order valence-electron chi connectivity index (χ4n) is 4.45. The smallest absolute Gasteiger partial charge is 0.260 e. The maximum Gasteiger partial charge on any atom is 0.260 e. The van der Waals surface area contributed by atoms with E-state index in [1.807, 2.05) is 46.9 Å². The van der Waals surface area contributed by atoms with Gasteiger partial charge in [-0.1, -0.05) is 23.7 Å². The van der Waals surface area contributed by atoms with E-state index in [4.69, 9.17) is 16.3 Å². The summed E-state index contributed by atoms with van der Waals surface area (Å²) < 4.78 is 21.2. The lowest BCUT2D eigenvalue weighted by molar-refractivity contribution is -0.139. The molecule has 2 aromatic carbocycles. The molecule has 8 heteroatoms. The molecule has 0 aliphatic carbocycles. The Morgan fingerprint density at radius 2 is 1.94 bits per heavy atom. The van der Waals surface area contributed by atoms with E-state index in [9.17, 15) is 9.18 Å². The van der Waals surface area contributed by atoms with Crippen molar-refractivity contribution in [2.75, 3.05) is 19.7 Å². The van der Waals surface area contributed by atoms with Gasteiger partial charge in [-0.15, -0.1) is 0 Å². The van der Waals surface area contributed by atoms with Crippen LogP contribution in [0.3, 0.4) is 0 Å². The highest BCUT2D eigenvalue weighted by Gasteiger charge is 2.32. The minimum absolute atomic E-state index is 0.0414. The lowest BCUT2D eigenvalue weighted by Gasteiger charge is -2.44. The summed E-state index contributed by atoms with van der Waals surface area (Å²) in [5.41, 5.74) is 1.95. The molecule has 1 fully saturated rings. The molecule has 1 amide bonds. The van der Waals surface area contributed by atoms with Crippen LogP contribution in [0.2, 0.25) is 5.02 Å². The van der Waals surface area contributed by atoms with Crippen LogP contribution >= 0.6 is 11.6 Å². The zero-order valence-electron chi connectivity index (χ0n) is 19.7. The van der Waals surface area contributed by atoms with Gasteiger partial charge in [-0.3, -0.25) is 9.69 Å². The van der Waals surface area contributed by atoms with E-state index >= 15 is 0 Å². The second-order valence-electron chi connectivity index (χ2n) is 8.96. The second-order valence-corrected chi connectivity index (χ2v) is 9.39. The van der Waals surface area contributed by atoms with Gasteiger partial charge in [0.25, 0.3) is 5.91 Å². The fourth-order valence-corrected chi connectivity index (χ4v) is 4.63. The number of carbonyl (C=O) groups excluding carboxylic acids is 1. The predicted molar refractivity (Wildman–Crippen MR) is 130 cm³/mol. The van der Waals surface area contributed by atoms with Crippen LogP contribution in [0.4, 0.5) is 4.39 Å². The van der Waals surface area contributed by atoms with Crippen molar-refractivity contribution in [3.8, 4) is 5.75 Å². The van der Waals surface area contributed by atoms with E-state index in [0.717, 1.165) is 24.2 Å². The summed E-state index contributed by atoms with van der Waals surface area (Å²) in [4.78, 5) is 21.4. The highest BCUT2D eigenvalue weighted by molar-refractivity contribution is 6.30. The minimum Gasteiger partial charge on any atom is -0.483 e. The number of benzene rings is 2. The molecule has 0 N–H and O–H groups in total. The molecule has 1 aromatic heterocycles. The molecule has 4 rings (SSSR count). The number of halogens is 2. The van der Waals surface area contributed by atoms with Crippen LogP contribution in [0.15, 0.2) is 61.2 Å². The molecule has 34 heavy (non-hydrogen) atoms. The van der Waals surface area contributed by atoms with Crippen molar-refractivity contribution in [3.63, 3.8) is 0 Å². The molecule has 3 atom stereocenters. The Bertz CT molecular complexity index is 1110. The van der Waals surface area contributed by atoms with Gasteiger partial charge in [-0.2, -0.15) is 0 Å². The van der Waals surface area contributed by atoms with Gasteiger partial charge in [0.2, 0.25) is 0 Å². The van der Waals surface area contributed by atoms with Crippen LogP contribution in [0, 0.1) is 5.82 Å². The van der Waals surface area contributed by atoms with Crippen molar-refractivity contribution in [2.24, 2.45) is 0 Å². The summed E-state index contributed by atoms with van der Waals surface area (Å²) in [7, 11) is 0. The molecule has 0 radical (unpaired) electrons. The van der Waals surface area contributed by atoms with Gasteiger partial charge < -0.3 is 14.2 Å². The van der Waals surface area contributed by atoms with Crippen LogP contribution in [-0.4, -0.2) is 57.0 Å². The lowest BCUT2D eigenvalue weighted by Crippen LogP contribution is -2.58.